The van der Waals surface area contributed by atoms with Crippen LogP contribution < -0.4 is 15.8 Å². The lowest BCUT2D eigenvalue weighted by Crippen LogP contribution is -2.14. The highest BCUT2D eigenvalue weighted by Crippen LogP contribution is 2.42. The van der Waals surface area contributed by atoms with Crippen LogP contribution in [0.25, 0.3) is 0 Å². The molecule has 0 amide bonds. The lowest BCUT2D eigenvalue weighted by molar-refractivity contribution is 0.246. The summed E-state index contributed by atoms with van der Waals surface area (Å²) in [6.45, 7) is 3.95. The van der Waals surface area contributed by atoms with E-state index in [0.717, 1.165) is 11.3 Å². The highest BCUT2D eigenvalue weighted by atomic mass is 32.2. The second-order valence-corrected chi connectivity index (χ2v) is 7.62. The van der Waals surface area contributed by atoms with Gasteiger partial charge in [-0.05, 0) is 13.8 Å². The second kappa shape index (κ2) is 6.12. The number of thiophene rings is 1. The standard InChI is InChI=1S/C11H17N3O3S2/c1-7(2)17-10-9(13)8(6-12)18-11(10)14-4-5-19(3,15)16/h7,14H,4-5,13H2,1-3H3. The molecule has 0 aliphatic carbocycles. The third-order valence-electron chi connectivity index (χ3n) is 2.11. The van der Waals surface area contributed by atoms with Crippen molar-refractivity contribution in [2.75, 3.05) is 29.6 Å². The molecule has 0 aliphatic heterocycles. The molecule has 8 heteroatoms. The highest BCUT2D eigenvalue weighted by Gasteiger charge is 2.18. The first kappa shape index (κ1) is 15.6. The predicted octanol–water partition coefficient (Wildman–Crippen LogP) is 1.45. The Labute approximate surface area is 117 Å². The molecule has 1 heterocycles. The van der Waals surface area contributed by atoms with Crippen LogP contribution in [-0.4, -0.2) is 33.1 Å². The van der Waals surface area contributed by atoms with Crippen LogP contribution in [0.5, 0.6) is 5.75 Å². The van der Waals surface area contributed by atoms with E-state index in [1.165, 1.54) is 6.26 Å². The number of nitrogen functional groups attached to an aromatic ring is 1. The van der Waals surface area contributed by atoms with Gasteiger partial charge in [0, 0.05) is 12.8 Å². The van der Waals surface area contributed by atoms with Gasteiger partial charge < -0.3 is 15.8 Å². The number of nitrogens with one attached hydrogen (secondary N) is 1. The Morgan fingerprint density at radius 1 is 1.53 bits per heavy atom. The van der Waals surface area contributed by atoms with E-state index in [0.29, 0.717) is 21.3 Å². The number of hydrogen-bond acceptors (Lipinski definition) is 7. The van der Waals surface area contributed by atoms with Crippen LogP contribution in [0.3, 0.4) is 0 Å². The van der Waals surface area contributed by atoms with Crippen molar-refractivity contribution in [1.29, 1.82) is 5.26 Å². The van der Waals surface area contributed by atoms with Gasteiger partial charge in [-0.25, -0.2) is 8.42 Å². The first-order valence-electron chi connectivity index (χ1n) is 5.65. The molecule has 0 bridgehead atoms. The summed E-state index contributed by atoms with van der Waals surface area (Å²) < 4.78 is 27.7. The number of rotatable bonds is 6. The fraction of sp³-hybridized carbons (Fsp3) is 0.545. The molecular weight excluding hydrogens is 286 g/mol. The van der Waals surface area contributed by atoms with Crippen molar-refractivity contribution in [1.82, 2.24) is 0 Å². The molecular formula is C11H17N3O3S2. The van der Waals surface area contributed by atoms with E-state index in [4.69, 9.17) is 15.7 Å². The number of nitrogens with zero attached hydrogens (tertiary/aromatic N) is 1. The smallest absolute Gasteiger partial charge is 0.178 e. The normalized spacial score (nSPS) is 11.3. The summed E-state index contributed by atoms with van der Waals surface area (Å²) in [6, 6.07) is 1.99. The zero-order valence-corrected chi connectivity index (χ0v) is 12.7. The van der Waals surface area contributed by atoms with Gasteiger partial charge in [0.2, 0.25) is 0 Å². The molecule has 19 heavy (non-hydrogen) atoms. The molecule has 0 saturated carbocycles. The first-order valence-corrected chi connectivity index (χ1v) is 8.53. The summed E-state index contributed by atoms with van der Waals surface area (Å²) >= 11 is 1.16. The van der Waals surface area contributed by atoms with Crippen LogP contribution in [0.4, 0.5) is 10.7 Å². The van der Waals surface area contributed by atoms with E-state index in [1.54, 1.807) is 0 Å². The van der Waals surface area contributed by atoms with Crippen LogP contribution in [0, 0.1) is 11.3 Å². The Morgan fingerprint density at radius 3 is 2.63 bits per heavy atom. The molecule has 0 unspecified atom stereocenters. The van der Waals surface area contributed by atoms with Gasteiger partial charge in [0.05, 0.1) is 11.9 Å². The van der Waals surface area contributed by atoms with Gasteiger partial charge in [-0.1, -0.05) is 0 Å². The molecule has 6 nitrogen and oxygen atoms in total. The Bertz CT molecular complexity index is 585. The Morgan fingerprint density at radius 2 is 2.16 bits per heavy atom. The second-order valence-electron chi connectivity index (χ2n) is 4.34. The maximum atomic E-state index is 11.1. The Hall–Kier alpha value is -1.46. The van der Waals surface area contributed by atoms with E-state index in [1.807, 2.05) is 19.9 Å². The molecule has 0 saturated heterocycles. The Balaban J connectivity index is 2.90. The van der Waals surface area contributed by atoms with E-state index in [9.17, 15) is 8.42 Å². The minimum Gasteiger partial charge on any atom is -0.486 e. The number of ether oxygens (including phenoxy) is 1. The molecule has 0 fully saturated rings. The molecule has 3 N–H and O–H groups in total. The number of nitriles is 1. The van der Waals surface area contributed by atoms with Crippen molar-refractivity contribution in [2.45, 2.75) is 20.0 Å². The highest BCUT2D eigenvalue weighted by molar-refractivity contribution is 7.90. The van der Waals surface area contributed by atoms with Gasteiger partial charge in [0.1, 0.15) is 31.5 Å². The topological polar surface area (TPSA) is 105 Å². The summed E-state index contributed by atoms with van der Waals surface area (Å²) in [5.41, 5.74) is 6.12. The van der Waals surface area contributed by atoms with Gasteiger partial charge in [-0.2, -0.15) is 5.26 Å². The Kier molecular flexibility index (Phi) is 5.03. The van der Waals surface area contributed by atoms with Crippen LogP contribution in [0.2, 0.25) is 0 Å². The summed E-state index contributed by atoms with van der Waals surface area (Å²) in [5, 5.41) is 12.5. The lowest BCUT2D eigenvalue weighted by atomic mass is 10.3. The lowest BCUT2D eigenvalue weighted by Gasteiger charge is -2.12. The SMILES string of the molecule is CC(C)Oc1c(NCCS(C)(=O)=O)sc(C#N)c1N. The number of nitrogens with two attached hydrogens (primary N) is 1. The van der Waals surface area contributed by atoms with Crippen LogP contribution in [-0.2, 0) is 9.84 Å². The number of anilines is 2. The van der Waals surface area contributed by atoms with Crippen molar-refractivity contribution < 1.29 is 13.2 Å². The molecule has 106 valence electrons. The zero-order valence-electron chi connectivity index (χ0n) is 11.1. The zero-order chi connectivity index (χ0) is 14.6. The minimum absolute atomic E-state index is 0.00775. The van der Waals surface area contributed by atoms with Gasteiger partial charge in [-0.15, -0.1) is 11.3 Å². The van der Waals surface area contributed by atoms with Crippen LogP contribution in [0.15, 0.2) is 0 Å². The average Bonchev–Trinajstić information content (AvgIpc) is 2.55. The van der Waals surface area contributed by atoms with Crippen molar-refractivity contribution in [3.63, 3.8) is 0 Å². The van der Waals surface area contributed by atoms with E-state index >= 15 is 0 Å². The van der Waals surface area contributed by atoms with Crippen molar-refractivity contribution >= 4 is 31.9 Å². The van der Waals surface area contributed by atoms with Gasteiger partial charge >= 0.3 is 0 Å². The van der Waals surface area contributed by atoms with Gasteiger partial charge in [0.25, 0.3) is 0 Å². The molecule has 1 rings (SSSR count). The fourth-order valence-electron chi connectivity index (χ4n) is 1.33. The number of hydrogen-bond donors (Lipinski definition) is 2. The summed E-state index contributed by atoms with van der Waals surface area (Å²) in [5.74, 6) is 0.429. The van der Waals surface area contributed by atoms with Crippen LogP contribution in [0.1, 0.15) is 18.7 Å². The van der Waals surface area contributed by atoms with Crippen LogP contribution >= 0.6 is 11.3 Å². The molecule has 1 aromatic rings. The summed E-state index contributed by atoms with van der Waals surface area (Å²) in [4.78, 5) is 0.359. The third kappa shape index (κ3) is 4.61. The first-order chi connectivity index (χ1) is 8.74. The van der Waals surface area contributed by atoms with E-state index in [2.05, 4.69) is 5.32 Å². The van der Waals surface area contributed by atoms with Crippen molar-refractivity contribution in [3.05, 3.63) is 4.88 Å². The van der Waals surface area contributed by atoms with E-state index in [-0.39, 0.29) is 18.4 Å². The average molecular weight is 303 g/mol. The fourth-order valence-corrected chi connectivity index (χ4v) is 2.68. The minimum atomic E-state index is -3.03. The maximum absolute atomic E-state index is 11.1. The summed E-state index contributed by atoms with van der Waals surface area (Å²) in [7, 11) is -3.03. The molecule has 0 radical (unpaired) electrons. The molecule has 0 atom stereocenters. The number of sulfone groups is 1. The third-order valence-corrected chi connectivity index (χ3v) is 4.11. The monoisotopic (exact) mass is 303 g/mol. The van der Waals surface area contributed by atoms with Gasteiger partial charge in [0.15, 0.2) is 5.75 Å². The largest absolute Gasteiger partial charge is 0.486 e. The predicted molar refractivity (Wildman–Crippen MR) is 77.4 cm³/mol. The molecule has 1 aromatic heterocycles. The summed E-state index contributed by atoms with van der Waals surface area (Å²) in [6.07, 6.45) is 1.09. The quantitative estimate of drug-likeness (QED) is 0.824. The van der Waals surface area contributed by atoms with Gasteiger partial charge in [-0.3, -0.25) is 0 Å². The maximum Gasteiger partial charge on any atom is 0.178 e. The van der Waals surface area contributed by atoms with Crippen molar-refractivity contribution in [3.8, 4) is 11.8 Å². The van der Waals surface area contributed by atoms with E-state index < -0.39 is 9.84 Å². The molecule has 0 spiro atoms. The molecule has 0 aromatic carbocycles. The van der Waals surface area contributed by atoms with Crippen molar-refractivity contribution in [2.24, 2.45) is 0 Å². The molecule has 0 aliphatic rings.